The summed E-state index contributed by atoms with van der Waals surface area (Å²) in [5.74, 6) is 2.06. The van der Waals surface area contributed by atoms with Crippen LogP contribution in [-0.4, -0.2) is 25.7 Å². The lowest BCUT2D eigenvalue weighted by molar-refractivity contribution is 0.207. The molecule has 1 fully saturated rings. The van der Waals surface area contributed by atoms with Gasteiger partial charge in [-0.3, -0.25) is 0 Å². The van der Waals surface area contributed by atoms with E-state index in [1.165, 1.54) is 30.4 Å². The van der Waals surface area contributed by atoms with Gasteiger partial charge in [0, 0.05) is 31.6 Å². The number of nitrogens with one attached hydrogen (secondary N) is 2. The average molecular weight is 351 g/mol. The van der Waals surface area contributed by atoms with E-state index in [9.17, 15) is 0 Å². The zero-order valence-electron chi connectivity index (χ0n) is 16.3. The van der Waals surface area contributed by atoms with E-state index in [0.29, 0.717) is 12.0 Å². The minimum Gasteiger partial charge on any atom is -0.315 e. The Kier molecular flexibility index (Phi) is 7.28. The quantitative estimate of drug-likeness (QED) is 0.667. The third-order valence-electron chi connectivity index (χ3n) is 6.17. The average Bonchev–Trinajstić information content (AvgIpc) is 2.69. The van der Waals surface area contributed by atoms with Crippen molar-refractivity contribution in [2.24, 2.45) is 11.8 Å². The summed E-state index contributed by atoms with van der Waals surface area (Å²) < 4.78 is 0. The first-order valence-electron chi connectivity index (χ1n) is 10.3. The Morgan fingerprint density at radius 1 is 0.846 bits per heavy atom. The van der Waals surface area contributed by atoms with Gasteiger partial charge in [0.25, 0.3) is 0 Å². The summed E-state index contributed by atoms with van der Waals surface area (Å²) >= 11 is 0. The van der Waals surface area contributed by atoms with E-state index in [1.807, 2.05) is 0 Å². The van der Waals surface area contributed by atoms with Gasteiger partial charge in [0.1, 0.15) is 0 Å². The second-order valence-electron chi connectivity index (χ2n) is 7.91. The Bertz CT molecular complexity index is 586. The molecule has 1 aliphatic rings. The summed E-state index contributed by atoms with van der Waals surface area (Å²) in [6.07, 6.45) is 4.11. The van der Waals surface area contributed by atoms with Crippen LogP contribution in [0, 0.1) is 11.8 Å². The Morgan fingerprint density at radius 2 is 1.46 bits per heavy atom. The number of hydrogen-bond donors (Lipinski definition) is 2. The molecular weight excluding hydrogens is 316 g/mol. The van der Waals surface area contributed by atoms with E-state index in [4.69, 9.17) is 0 Å². The molecule has 0 bridgehead atoms. The summed E-state index contributed by atoms with van der Waals surface area (Å²) in [6, 6.07) is 22.4. The second-order valence-corrected chi connectivity index (χ2v) is 7.91. The fourth-order valence-electron chi connectivity index (χ4n) is 4.26. The Hall–Kier alpha value is -1.64. The molecule has 3 unspecified atom stereocenters. The summed E-state index contributed by atoms with van der Waals surface area (Å²) in [6.45, 7) is 7.87. The number of rotatable bonds is 8. The highest BCUT2D eigenvalue weighted by Crippen LogP contribution is 2.29. The van der Waals surface area contributed by atoms with Crippen molar-refractivity contribution in [3.63, 3.8) is 0 Å². The van der Waals surface area contributed by atoms with Gasteiger partial charge in [0.2, 0.25) is 0 Å². The Morgan fingerprint density at radius 3 is 2.08 bits per heavy atom. The van der Waals surface area contributed by atoms with Crippen molar-refractivity contribution in [3.8, 4) is 0 Å². The lowest BCUT2D eigenvalue weighted by atomic mass is 9.78. The minimum atomic E-state index is 0.408. The van der Waals surface area contributed by atoms with Crippen LogP contribution in [0.5, 0.6) is 0 Å². The molecule has 1 saturated carbocycles. The van der Waals surface area contributed by atoms with Crippen LogP contribution < -0.4 is 10.6 Å². The summed E-state index contributed by atoms with van der Waals surface area (Å²) in [5.41, 5.74) is 2.77. The molecule has 0 spiro atoms. The molecule has 1 aliphatic carbocycles. The van der Waals surface area contributed by atoms with Gasteiger partial charge in [0.05, 0.1) is 0 Å². The van der Waals surface area contributed by atoms with Crippen LogP contribution >= 0.6 is 0 Å². The molecule has 3 atom stereocenters. The lowest BCUT2D eigenvalue weighted by Gasteiger charge is -2.34. The maximum absolute atomic E-state index is 3.79. The van der Waals surface area contributed by atoms with Crippen LogP contribution in [0.1, 0.15) is 50.2 Å². The van der Waals surface area contributed by atoms with Gasteiger partial charge in [0.15, 0.2) is 0 Å². The van der Waals surface area contributed by atoms with Crippen molar-refractivity contribution in [1.29, 1.82) is 0 Å². The smallest absolute Gasteiger partial charge is 0.0214 e. The molecule has 2 nitrogen and oxygen atoms in total. The number of benzene rings is 2. The molecule has 26 heavy (non-hydrogen) atoms. The van der Waals surface area contributed by atoms with Gasteiger partial charge < -0.3 is 10.6 Å². The normalized spacial score (nSPS) is 23.3. The molecule has 2 aromatic carbocycles. The van der Waals surface area contributed by atoms with Crippen molar-refractivity contribution in [2.75, 3.05) is 19.6 Å². The van der Waals surface area contributed by atoms with Crippen molar-refractivity contribution in [2.45, 2.75) is 45.1 Å². The zero-order valence-corrected chi connectivity index (χ0v) is 16.3. The highest BCUT2D eigenvalue weighted by Gasteiger charge is 2.26. The van der Waals surface area contributed by atoms with Crippen molar-refractivity contribution >= 4 is 0 Å². The summed E-state index contributed by atoms with van der Waals surface area (Å²) in [4.78, 5) is 0. The van der Waals surface area contributed by atoms with Crippen LogP contribution in [0.3, 0.4) is 0 Å². The van der Waals surface area contributed by atoms with Gasteiger partial charge in [-0.1, -0.05) is 87.4 Å². The third kappa shape index (κ3) is 5.18. The molecule has 0 heterocycles. The van der Waals surface area contributed by atoms with Gasteiger partial charge in [-0.2, -0.15) is 0 Å². The minimum absolute atomic E-state index is 0.408. The molecule has 0 radical (unpaired) electrons. The van der Waals surface area contributed by atoms with Crippen LogP contribution in [0.4, 0.5) is 0 Å². The predicted molar refractivity (Wildman–Crippen MR) is 112 cm³/mol. The lowest BCUT2D eigenvalue weighted by Crippen LogP contribution is -2.43. The predicted octanol–water partition coefficient (Wildman–Crippen LogP) is 4.82. The first kappa shape index (κ1) is 19.1. The van der Waals surface area contributed by atoms with E-state index in [2.05, 4.69) is 85.1 Å². The molecule has 3 rings (SSSR count). The number of hydrogen-bond acceptors (Lipinski definition) is 2. The largest absolute Gasteiger partial charge is 0.315 e. The third-order valence-corrected chi connectivity index (χ3v) is 6.17. The second kappa shape index (κ2) is 9.89. The molecular formula is C24H34N2. The molecule has 140 valence electrons. The monoisotopic (exact) mass is 350 g/mol. The molecule has 0 aromatic heterocycles. The van der Waals surface area contributed by atoms with Gasteiger partial charge in [-0.05, 0) is 29.4 Å². The summed E-state index contributed by atoms with van der Waals surface area (Å²) in [7, 11) is 0. The van der Waals surface area contributed by atoms with Gasteiger partial charge in [-0.25, -0.2) is 0 Å². The van der Waals surface area contributed by atoms with Crippen molar-refractivity contribution in [3.05, 3.63) is 71.8 Å². The maximum Gasteiger partial charge on any atom is 0.0214 e. The standard InChI is InChI=1S/C24H34N2/c1-19-10-9-15-24(20(19)2)26-17-16-25-18-23(21-11-5-3-6-12-21)22-13-7-4-8-14-22/h3-8,11-14,19-20,23-26H,9-10,15-18H2,1-2H3. The first-order valence-corrected chi connectivity index (χ1v) is 10.3. The highest BCUT2D eigenvalue weighted by molar-refractivity contribution is 5.32. The van der Waals surface area contributed by atoms with E-state index in [0.717, 1.165) is 31.5 Å². The van der Waals surface area contributed by atoms with Gasteiger partial charge in [-0.15, -0.1) is 0 Å². The van der Waals surface area contributed by atoms with E-state index in [1.54, 1.807) is 0 Å². The topological polar surface area (TPSA) is 24.1 Å². The van der Waals surface area contributed by atoms with Crippen molar-refractivity contribution in [1.82, 2.24) is 10.6 Å². The molecule has 2 heteroatoms. The van der Waals surface area contributed by atoms with Crippen LogP contribution in [0.25, 0.3) is 0 Å². The van der Waals surface area contributed by atoms with Crippen LogP contribution in [0.2, 0.25) is 0 Å². The van der Waals surface area contributed by atoms with E-state index >= 15 is 0 Å². The SMILES string of the molecule is CC1CCCC(NCCNCC(c2ccccc2)c2ccccc2)C1C. The van der Waals surface area contributed by atoms with Crippen LogP contribution in [0.15, 0.2) is 60.7 Å². The summed E-state index contributed by atoms with van der Waals surface area (Å²) in [5, 5.41) is 7.48. The molecule has 0 saturated heterocycles. The Labute approximate surface area is 159 Å². The maximum atomic E-state index is 3.79. The van der Waals surface area contributed by atoms with Gasteiger partial charge >= 0.3 is 0 Å². The van der Waals surface area contributed by atoms with Crippen LogP contribution in [-0.2, 0) is 0 Å². The Balaban J connectivity index is 1.49. The molecule has 2 aromatic rings. The van der Waals surface area contributed by atoms with Crippen molar-refractivity contribution < 1.29 is 0 Å². The van der Waals surface area contributed by atoms with E-state index < -0.39 is 0 Å². The molecule has 2 N–H and O–H groups in total. The fourth-order valence-corrected chi connectivity index (χ4v) is 4.26. The first-order chi connectivity index (χ1) is 12.8. The molecule has 0 aliphatic heterocycles. The highest BCUT2D eigenvalue weighted by atomic mass is 15.0. The van der Waals surface area contributed by atoms with E-state index in [-0.39, 0.29) is 0 Å². The zero-order chi connectivity index (χ0) is 18.2. The molecule has 0 amide bonds. The fraction of sp³-hybridized carbons (Fsp3) is 0.500.